The molecule has 5 rings (SSSR count). The van der Waals surface area contributed by atoms with E-state index in [0.717, 1.165) is 31.5 Å². The first-order valence-corrected chi connectivity index (χ1v) is 7.15. The third kappa shape index (κ3) is 1.28. The first kappa shape index (κ1) is 12.0. The first-order chi connectivity index (χ1) is 9.67. The van der Waals surface area contributed by atoms with Crippen LogP contribution < -0.4 is 0 Å². The summed E-state index contributed by atoms with van der Waals surface area (Å²) in [7, 11) is 0. The lowest BCUT2D eigenvalue weighted by atomic mass is 9.78. The molecule has 3 atom stereocenters. The van der Waals surface area contributed by atoms with E-state index >= 15 is 0 Å². The summed E-state index contributed by atoms with van der Waals surface area (Å²) < 4.78 is 0. The first-order valence-electron chi connectivity index (χ1n) is 7.15. The number of Topliss-reactive ketones (excluding diaryl/α,β-unsaturated/α-hetero) is 1. The molecule has 1 spiro atoms. The lowest BCUT2D eigenvalue weighted by molar-refractivity contribution is -0.502. The zero-order valence-corrected chi connectivity index (χ0v) is 11.1. The monoisotopic (exact) mass is 272 g/mol. The van der Waals surface area contributed by atoms with Gasteiger partial charge in [0, 0.05) is 23.9 Å². The summed E-state index contributed by atoms with van der Waals surface area (Å²) >= 11 is 0. The Morgan fingerprint density at radius 1 is 1.20 bits per heavy atom. The van der Waals surface area contributed by atoms with Gasteiger partial charge in [-0.3, -0.25) is 19.8 Å². The number of fused-ring (bicyclic) bond motifs is 2. The predicted molar refractivity (Wildman–Crippen MR) is 72.0 cm³/mol. The van der Waals surface area contributed by atoms with Crippen LogP contribution >= 0.6 is 0 Å². The molecule has 3 saturated heterocycles. The molecule has 1 saturated carbocycles. The van der Waals surface area contributed by atoms with Crippen LogP contribution in [-0.2, 0) is 4.79 Å². The number of hydrogen-bond acceptors (Lipinski definition) is 4. The summed E-state index contributed by atoms with van der Waals surface area (Å²) in [6, 6.07) is 8.73. The molecule has 1 aromatic rings. The molecular formula is C15H16N2O3. The SMILES string of the molecule is O=C1C2CCN(CC2)[C@]12[C@@H]([N+](=O)[O-])[C@@H]2c1ccccc1. The second-order valence-electron chi connectivity index (χ2n) is 6.07. The molecule has 20 heavy (non-hydrogen) atoms. The van der Waals surface area contributed by atoms with E-state index in [2.05, 4.69) is 4.90 Å². The van der Waals surface area contributed by atoms with Gasteiger partial charge in [0.2, 0.25) is 6.04 Å². The minimum Gasteiger partial charge on any atom is -0.297 e. The molecule has 0 aromatic heterocycles. The van der Waals surface area contributed by atoms with Crippen molar-refractivity contribution in [2.45, 2.75) is 30.3 Å². The van der Waals surface area contributed by atoms with Gasteiger partial charge >= 0.3 is 0 Å². The van der Waals surface area contributed by atoms with Gasteiger partial charge in [-0.05, 0) is 18.4 Å². The number of piperidine rings is 3. The molecule has 0 amide bonds. The standard InChI is InChI=1S/C15H16N2O3/c18-14-11-6-8-16(9-7-11)15(14)12(13(15)17(19)20)10-4-2-1-3-5-10/h1-5,11-13H,6-9H2/t12-,13-,15+/m0/s1. The zero-order valence-electron chi connectivity index (χ0n) is 11.1. The van der Waals surface area contributed by atoms with Crippen LogP contribution in [0.25, 0.3) is 0 Å². The number of nitro groups is 1. The molecular weight excluding hydrogens is 256 g/mol. The van der Waals surface area contributed by atoms with Crippen LogP contribution in [0.15, 0.2) is 30.3 Å². The highest BCUT2D eigenvalue weighted by Gasteiger charge is 2.83. The number of carbonyl (C=O) groups is 1. The lowest BCUT2D eigenvalue weighted by Crippen LogP contribution is -2.60. The molecule has 104 valence electrons. The van der Waals surface area contributed by atoms with E-state index in [4.69, 9.17) is 0 Å². The van der Waals surface area contributed by atoms with Crippen molar-refractivity contribution in [1.82, 2.24) is 4.90 Å². The van der Waals surface area contributed by atoms with E-state index in [9.17, 15) is 14.9 Å². The highest BCUT2D eigenvalue weighted by Crippen LogP contribution is 2.62. The number of nitrogens with zero attached hydrogens (tertiary/aromatic N) is 2. The minimum absolute atomic E-state index is 0.0381. The van der Waals surface area contributed by atoms with Gasteiger partial charge in [-0.15, -0.1) is 0 Å². The molecule has 1 aromatic carbocycles. The number of ketones is 1. The van der Waals surface area contributed by atoms with E-state index < -0.39 is 11.6 Å². The van der Waals surface area contributed by atoms with Crippen molar-refractivity contribution in [3.8, 4) is 0 Å². The largest absolute Gasteiger partial charge is 0.297 e. The molecule has 0 unspecified atom stereocenters. The highest BCUT2D eigenvalue weighted by atomic mass is 16.6. The van der Waals surface area contributed by atoms with Gasteiger partial charge in [0.15, 0.2) is 11.3 Å². The topological polar surface area (TPSA) is 63.5 Å². The van der Waals surface area contributed by atoms with Crippen molar-refractivity contribution < 1.29 is 9.72 Å². The van der Waals surface area contributed by atoms with Gasteiger partial charge < -0.3 is 0 Å². The average Bonchev–Trinajstić information content (AvgIpc) is 3.16. The molecule has 3 heterocycles. The highest BCUT2D eigenvalue weighted by molar-refractivity contribution is 5.98. The van der Waals surface area contributed by atoms with Gasteiger partial charge in [0.25, 0.3) is 0 Å². The van der Waals surface area contributed by atoms with Gasteiger partial charge in [-0.1, -0.05) is 30.3 Å². The van der Waals surface area contributed by atoms with Crippen LogP contribution in [0.3, 0.4) is 0 Å². The molecule has 5 heteroatoms. The normalized spacial score (nSPS) is 41.9. The Morgan fingerprint density at radius 2 is 1.85 bits per heavy atom. The van der Waals surface area contributed by atoms with Crippen LogP contribution in [0.1, 0.15) is 24.3 Å². The summed E-state index contributed by atoms with van der Waals surface area (Å²) in [6.07, 6.45) is 1.74. The van der Waals surface area contributed by atoms with Gasteiger partial charge in [0.05, 0.1) is 5.92 Å². The summed E-state index contributed by atoms with van der Waals surface area (Å²) in [5.41, 5.74) is 0.0848. The number of carbonyl (C=O) groups excluding carboxylic acids is 1. The quantitative estimate of drug-likeness (QED) is 0.604. The van der Waals surface area contributed by atoms with Gasteiger partial charge in [-0.25, -0.2) is 0 Å². The van der Waals surface area contributed by atoms with Crippen LogP contribution in [0.5, 0.6) is 0 Å². The Morgan fingerprint density at radius 3 is 2.40 bits per heavy atom. The average molecular weight is 272 g/mol. The predicted octanol–water partition coefficient (Wildman–Crippen LogP) is 1.46. The fourth-order valence-corrected chi connectivity index (χ4v) is 4.41. The third-order valence-electron chi connectivity index (χ3n) is 5.30. The van der Waals surface area contributed by atoms with E-state index in [1.165, 1.54) is 0 Å². The summed E-state index contributed by atoms with van der Waals surface area (Å²) in [5, 5.41) is 11.5. The molecule has 2 bridgehead atoms. The van der Waals surface area contributed by atoms with E-state index in [1.807, 2.05) is 30.3 Å². The number of hydrogen-bond donors (Lipinski definition) is 0. The van der Waals surface area contributed by atoms with Crippen LogP contribution in [0, 0.1) is 16.0 Å². The maximum absolute atomic E-state index is 12.7. The minimum atomic E-state index is -0.841. The van der Waals surface area contributed by atoms with Crippen molar-refractivity contribution in [1.29, 1.82) is 0 Å². The lowest BCUT2D eigenvalue weighted by Gasteiger charge is -2.44. The zero-order chi connectivity index (χ0) is 13.9. The van der Waals surface area contributed by atoms with Crippen LogP contribution in [-0.4, -0.2) is 40.3 Å². The fourth-order valence-electron chi connectivity index (χ4n) is 4.41. The van der Waals surface area contributed by atoms with Crippen molar-refractivity contribution >= 4 is 5.78 Å². The molecule has 1 aliphatic carbocycles. The molecule has 0 N–H and O–H groups in total. The van der Waals surface area contributed by atoms with Crippen molar-refractivity contribution in [3.05, 3.63) is 46.0 Å². The smallest absolute Gasteiger partial charge is 0.248 e. The van der Waals surface area contributed by atoms with E-state index in [-0.39, 0.29) is 22.5 Å². The maximum Gasteiger partial charge on any atom is 0.248 e. The summed E-state index contributed by atoms with van der Waals surface area (Å²) in [6.45, 7) is 1.65. The van der Waals surface area contributed by atoms with Gasteiger partial charge in [0.1, 0.15) is 0 Å². The Balaban J connectivity index is 1.80. The van der Waals surface area contributed by atoms with Crippen LogP contribution in [0.4, 0.5) is 0 Å². The van der Waals surface area contributed by atoms with Gasteiger partial charge in [-0.2, -0.15) is 0 Å². The van der Waals surface area contributed by atoms with E-state index in [1.54, 1.807) is 0 Å². The fraction of sp³-hybridized carbons (Fsp3) is 0.533. The van der Waals surface area contributed by atoms with E-state index in [0.29, 0.717) is 0 Å². The Kier molecular flexibility index (Phi) is 2.33. The number of benzene rings is 1. The molecule has 0 radical (unpaired) electrons. The third-order valence-corrected chi connectivity index (χ3v) is 5.30. The molecule has 4 aliphatic rings. The molecule has 5 nitrogen and oxygen atoms in total. The molecule has 4 fully saturated rings. The molecule has 3 aliphatic heterocycles. The maximum atomic E-state index is 12.7. The van der Waals surface area contributed by atoms with Crippen LogP contribution in [0.2, 0.25) is 0 Å². The Bertz CT molecular complexity index is 580. The Labute approximate surface area is 116 Å². The van der Waals surface area contributed by atoms with Crippen molar-refractivity contribution in [3.63, 3.8) is 0 Å². The second kappa shape index (κ2) is 3.88. The summed E-state index contributed by atoms with van der Waals surface area (Å²) in [4.78, 5) is 26.0. The second-order valence-corrected chi connectivity index (χ2v) is 6.07. The van der Waals surface area contributed by atoms with Crippen molar-refractivity contribution in [2.75, 3.05) is 13.1 Å². The van der Waals surface area contributed by atoms with Crippen molar-refractivity contribution in [2.24, 2.45) is 5.92 Å². The Hall–Kier alpha value is -1.75. The summed E-state index contributed by atoms with van der Waals surface area (Å²) in [5.74, 6) is -0.115. The number of rotatable bonds is 2.